The van der Waals surface area contributed by atoms with E-state index >= 15 is 0 Å². The maximum atomic E-state index is 11.8. The normalized spacial score (nSPS) is 23.9. The van der Waals surface area contributed by atoms with Crippen LogP contribution in [-0.4, -0.2) is 29.6 Å². The van der Waals surface area contributed by atoms with Crippen molar-refractivity contribution in [3.05, 3.63) is 17.8 Å². The molecular weight excluding hydrogens is 222 g/mol. The van der Waals surface area contributed by atoms with E-state index in [1.54, 1.807) is 6.20 Å². The number of carbonyl (C=O) groups excluding carboxylic acids is 1. The zero-order chi connectivity index (χ0) is 12.3. The van der Waals surface area contributed by atoms with Gasteiger partial charge < -0.3 is 20.2 Å². The number of nitrogens with one attached hydrogen (secondary N) is 1. The predicted octanol–water partition coefficient (Wildman–Crippen LogP) is -0.0290. The molecule has 6 nitrogen and oxygen atoms in total. The van der Waals surface area contributed by atoms with Crippen molar-refractivity contribution in [3.8, 4) is 0 Å². The summed E-state index contributed by atoms with van der Waals surface area (Å²) in [5, 5.41) is 2.72. The van der Waals surface area contributed by atoms with Crippen LogP contribution < -0.4 is 11.1 Å². The molecular formula is C11H17N3O3. The molecule has 3 N–H and O–H groups in total. The minimum Gasteiger partial charge on any atom is -0.444 e. The molecule has 94 valence electrons. The average Bonchev–Trinajstić information content (AvgIpc) is 2.95. The quantitative estimate of drug-likeness (QED) is 0.770. The minimum absolute atomic E-state index is 0.216. The van der Waals surface area contributed by atoms with E-state index in [0.717, 1.165) is 12.2 Å². The first kappa shape index (κ1) is 12.1. The molecule has 1 fully saturated rings. The topological polar surface area (TPSA) is 90.4 Å². The van der Waals surface area contributed by atoms with Gasteiger partial charge in [-0.25, -0.2) is 4.98 Å². The number of aryl methyl sites for hydroxylation is 1. The van der Waals surface area contributed by atoms with Gasteiger partial charge >= 0.3 is 0 Å². The van der Waals surface area contributed by atoms with Crippen molar-refractivity contribution in [1.29, 1.82) is 0 Å². The third kappa shape index (κ3) is 2.65. The molecule has 2 heterocycles. The summed E-state index contributed by atoms with van der Waals surface area (Å²) >= 11 is 0. The summed E-state index contributed by atoms with van der Waals surface area (Å²) in [4.78, 5) is 15.9. The lowest BCUT2D eigenvalue weighted by atomic mass is 9.99. The summed E-state index contributed by atoms with van der Waals surface area (Å²) in [5.74, 6) is 1.09. The summed E-state index contributed by atoms with van der Waals surface area (Å²) in [6.45, 7) is 3.04. The first-order valence-electron chi connectivity index (χ1n) is 5.72. The number of aromatic nitrogens is 1. The molecule has 0 bridgehead atoms. The van der Waals surface area contributed by atoms with Crippen molar-refractivity contribution in [1.82, 2.24) is 10.3 Å². The molecule has 1 aliphatic heterocycles. The van der Waals surface area contributed by atoms with Crippen LogP contribution in [0.25, 0.3) is 0 Å². The highest BCUT2D eigenvalue weighted by molar-refractivity contribution is 5.86. The Kier molecular flexibility index (Phi) is 3.44. The Bertz CT molecular complexity index is 396. The Morgan fingerprint density at radius 1 is 1.71 bits per heavy atom. The van der Waals surface area contributed by atoms with E-state index in [-0.39, 0.29) is 19.1 Å². The van der Waals surface area contributed by atoms with E-state index in [4.69, 9.17) is 14.9 Å². The van der Waals surface area contributed by atoms with Crippen molar-refractivity contribution in [2.24, 2.45) is 5.73 Å². The highest BCUT2D eigenvalue weighted by Gasteiger charge is 2.38. The summed E-state index contributed by atoms with van der Waals surface area (Å²) in [6, 6.07) is 0. The summed E-state index contributed by atoms with van der Waals surface area (Å²) < 4.78 is 10.5. The monoisotopic (exact) mass is 239 g/mol. The Hall–Kier alpha value is -1.40. The Morgan fingerprint density at radius 3 is 3.12 bits per heavy atom. The van der Waals surface area contributed by atoms with Gasteiger partial charge in [-0.3, -0.25) is 4.79 Å². The van der Waals surface area contributed by atoms with Gasteiger partial charge in [-0.05, 0) is 6.42 Å². The lowest BCUT2D eigenvalue weighted by Crippen LogP contribution is -2.54. The molecule has 17 heavy (non-hydrogen) atoms. The molecule has 1 aromatic heterocycles. The van der Waals surface area contributed by atoms with Crippen LogP contribution in [0.2, 0.25) is 0 Å². The first-order chi connectivity index (χ1) is 8.14. The maximum Gasteiger partial charge on any atom is 0.243 e. The third-order valence-corrected chi connectivity index (χ3v) is 2.85. The molecule has 1 aromatic rings. The number of carbonyl (C=O) groups is 1. The predicted molar refractivity (Wildman–Crippen MR) is 60.1 cm³/mol. The fourth-order valence-electron chi connectivity index (χ4n) is 1.68. The summed E-state index contributed by atoms with van der Waals surface area (Å²) in [7, 11) is 0. The Labute approximate surface area is 99.5 Å². The number of rotatable bonds is 4. The van der Waals surface area contributed by atoms with Gasteiger partial charge in [0.15, 0.2) is 0 Å². The van der Waals surface area contributed by atoms with Crippen LogP contribution in [0.5, 0.6) is 0 Å². The fraction of sp³-hybridized carbons (Fsp3) is 0.636. The van der Waals surface area contributed by atoms with E-state index in [1.165, 1.54) is 0 Å². The molecule has 1 aliphatic rings. The smallest absolute Gasteiger partial charge is 0.243 e. The number of nitrogens with zero attached hydrogens (tertiary/aromatic N) is 1. The van der Waals surface area contributed by atoms with Gasteiger partial charge in [0.2, 0.25) is 11.8 Å². The van der Waals surface area contributed by atoms with Gasteiger partial charge in [-0.15, -0.1) is 0 Å². The van der Waals surface area contributed by atoms with Crippen molar-refractivity contribution < 1.29 is 13.9 Å². The van der Waals surface area contributed by atoms with E-state index in [0.29, 0.717) is 18.9 Å². The standard InChI is InChI=1S/C11H17N3O3/c1-2-8-5-13-9(17-8)6-14-10(15)11(12)3-4-16-7-11/h5H,2-4,6-7,12H2,1H3,(H,14,15). The molecule has 0 radical (unpaired) electrons. The second kappa shape index (κ2) is 4.85. The summed E-state index contributed by atoms with van der Waals surface area (Å²) in [5.41, 5.74) is 5.01. The molecule has 1 amide bonds. The number of ether oxygens (including phenoxy) is 1. The highest BCUT2D eigenvalue weighted by atomic mass is 16.5. The van der Waals surface area contributed by atoms with E-state index in [2.05, 4.69) is 10.3 Å². The zero-order valence-corrected chi connectivity index (χ0v) is 9.86. The van der Waals surface area contributed by atoms with Gasteiger partial charge in [0, 0.05) is 13.0 Å². The molecule has 0 aliphatic carbocycles. The Morgan fingerprint density at radius 2 is 2.53 bits per heavy atom. The molecule has 2 rings (SSSR count). The van der Waals surface area contributed by atoms with Crippen molar-refractivity contribution in [2.75, 3.05) is 13.2 Å². The molecule has 1 unspecified atom stereocenters. The molecule has 6 heteroatoms. The summed E-state index contributed by atoms with van der Waals surface area (Å²) in [6.07, 6.45) is 3.00. The number of amides is 1. The minimum atomic E-state index is -0.903. The largest absolute Gasteiger partial charge is 0.444 e. The number of oxazole rings is 1. The SMILES string of the molecule is CCc1cnc(CNC(=O)C2(N)CCOC2)o1. The van der Waals surface area contributed by atoms with Crippen molar-refractivity contribution in [3.63, 3.8) is 0 Å². The van der Waals surface area contributed by atoms with E-state index in [9.17, 15) is 4.79 Å². The molecule has 0 aromatic carbocycles. The number of hydrogen-bond donors (Lipinski definition) is 2. The lowest BCUT2D eigenvalue weighted by Gasteiger charge is -2.19. The van der Waals surface area contributed by atoms with E-state index in [1.807, 2.05) is 6.92 Å². The molecule has 1 atom stereocenters. The van der Waals surface area contributed by atoms with Crippen molar-refractivity contribution >= 4 is 5.91 Å². The van der Waals surface area contributed by atoms with Crippen LogP contribution in [0, 0.1) is 0 Å². The number of hydrogen-bond acceptors (Lipinski definition) is 5. The van der Waals surface area contributed by atoms with Crippen LogP contribution in [-0.2, 0) is 22.5 Å². The van der Waals surface area contributed by atoms with E-state index < -0.39 is 5.54 Å². The second-order valence-corrected chi connectivity index (χ2v) is 4.22. The Balaban J connectivity index is 1.87. The van der Waals surface area contributed by atoms with Crippen LogP contribution in [0.4, 0.5) is 0 Å². The molecule has 0 spiro atoms. The van der Waals surface area contributed by atoms with Crippen LogP contribution in [0.15, 0.2) is 10.6 Å². The second-order valence-electron chi connectivity index (χ2n) is 4.22. The van der Waals surface area contributed by atoms with Gasteiger partial charge in [0.05, 0.1) is 19.3 Å². The van der Waals surface area contributed by atoms with Gasteiger partial charge in [0.25, 0.3) is 0 Å². The van der Waals surface area contributed by atoms with Crippen LogP contribution in [0.1, 0.15) is 25.0 Å². The lowest BCUT2D eigenvalue weighted by molar-refractivity contribution is -0.126. The van der Waals surface area contributed by atoms with Gasteiger partial charge in [-0.2, -0.15) is 0 Å². The van der Waals surface area contributed by atoms with Gasteiger partial charge in [0.1, 0.15) is 11.3 Å². The van der Waals surface area contributed by atoms with Crippen molar-refractivity contribution in [2.45, 2.75) is 31.8 Å². The zero-order valence-electron chi connectivity index (χ0n) is 9.86. The van der Waals surface area contributed by atoms with Crippen LogP contribution >= 0.6 is 0 Å². The third-order valence-electron chi connectivity index (χ3n) is 2.85. The van der Waals surface area contributed by atoms with Gasteiger partial charge in [-0.1, -0.05) is 6.92 Å². The highest BCUT2D eigenvalue weighted by Crippen LogP contribution is 2.15. The average molecular weight is 239 g/mol. The molecule has 0 saturated carbocycles. The molecule has 1 saturated heterocycles. The maximum absolute atomic E-state index is 11.8. The fourth-order valence-corrected chi connectivity index (χ4v) is 1.68. The first-order valence-corrected chi connectivity index (χ1v) is 5.72. The number of nitrogens with two attached hydrogens (primary N) is 1. The van der Waals surface area contributed by atoms with Crippen LogP contribution in [0.3, 0.4) is 0 Å².